The van der Waals surface area contributed by atoms with Crippen molar-refractivity contribution < 1.29 is 14.4 Å². The van der Waals surface area contributed by atoms with Crippen molar-refractivity contribution in [2.75, 3.05) is 6.54 Å². The lowest BCUT2D eigenvalue weighted by atomic mass is 9.91. The number of benzene rings is 2. The van der Waals surface area contributed by atoms with Crippen LogP contribution in [0.5, 0.6) is 0 Å². The molecule has 3 aromatic rings. The molecule has 0 radical (unpaired) electrons. The van der Waals surface area contributed by atoms with E-state index in [9.17, 15) is 14.4 Å². The van der Waals surface area contributed by atoms with E-state index in [4.69, 9.17) is 0 Å². The summed E-state index contributed by atoms with van der Waals surface area (Å²) in [6.07, 6.45) is 0. The van der Waals surface area contributed by atoms with Crippen molar-refractivity contribution in [3.05, 3.63) is 64.5 Å². The lowest BCUT2D eigenvalue weighted by molar-refractivity contribution is -0.134. The summed E-state index contributed by atoms with van der Waals surface area (Å²) in [5.41, 5.74) is 1.49. The molecule has 1 aliphatic rings. The summed E-state index contributed by atoms with van der Waals surface area (Å²) in [7, 11) is 1.83. The predicted octanol–water partition coefficient (Wildman–Crippen LogP) is 2.44. The van der Waals surface area contributed by atoms with Crippen LogP contribution >= 0.6 is 11.3 Å². The number of nitrogens with zero attached hydrogens (tertiary/aromatic N) is 3. The average molecular weight is 408 g/mol. The quantitative estimate of drug-likeness (QED) is 0.676. The van der Waals surface area contributed by atoms with Gasteiger partial charge in [-0.25, -0.2) is 4.79 Å². The first-order valence-electron chi connectivity index (χ1n) is 9.13. The number of hydrogen-bond acceptors (Lipinski definition) is 4. The third kappa shape index (κ3) is 3.25. The maximum Gasteiger partial charge on any atom is 0.325 e. The fourth-order valence-electron chi connectivity index (χ4n) is 3.39. The highest BCUT2D eigenvalue weighted by atomic mass is 32.1. The van der Waals surface area contributed by atoms with Gasteiger partial charge >= 0.3 is 6.03 Å². The van der Waals surface area contributed by atoms with Crippen molar-refractivity contribution in [1.29, 1.82) is 0 Å². The van der Waals surface area contributed by atoms with Gasteiger partial charge in [0.15, 0.2) is 4.80 Å². The minimum absolute atomic E-state index is 0.402. The molecule has 1 aliphatic heterocycles. The van der Waals surface area contributed by atoms with Crippen LogP contribution in [0, 0.1) is 6.92 Å². The van der Waals surface area contributed by atoms with Gasteiger partial charge in [-0.3, -0.25) is 14.5 Å². The monoisotopic (exact) mass is 408 g/mol. The number of para-hydroxylation sites is 1. The number of imide groups is 1. The first-order valence-corrected chi connectivity index (χ1v) is 9.94. The van der Waals surface area contributed by atoms with Gasteiger partial charge in [-0.1, -0.05) is 53.3 Å². The molecule has 1 N–H and O–H groups in total. The summed E-state index contributed by atoms with van der Waals surface area (Å²) in [5.74, 6) is -1.01. The smallest absolute Gasteiger partial charge is 0.319 e. The molecular formula is C21H20N4O3S. The molecule has 4 amide bonds. The maximum atomic E-state index is 13.0. The minimum atomic E-state index is -1.20. The van der Waals surface area contributed by atoms with E-state index in [0.29, 0.717) is 10.4 Å². The number of thiazole rings is 1. The zero-order chi connectivity index (χ0) is 20.8. The van der Waals surface area contributed by atoms with Crippen LogP contribution in [0.1, 0.15) is 18.1 Å². The molecule has 1 saturated heterocycles. The molecule has 1 unspecified atom stereocenters. The van der Waals surface area contributed by atoms with Crippen molar-refractivity contribution in [1.82, 2.24) is 14.8 Å². The molecule has 148 valence electrons. The maximum absolute atomic E-state index is 13.0. The molecule has 1 fully saturated rings. The molecule has 7 nitrogen and oxygen atoms in total. The van der Waals surface area contributed by atoms with Crippen LogP contribution in [0.4, 0.5) is 4.79 Å². The molecule has 29 heavy (non-hydrogen) atoms. The summed E-state index contributed by atoms with van der Waals surface area (Å²) in [6.45, 7) is 3.19. The summed E-state index contributed by atoms with van der Waals surface area (Å²) in [6, 6.07) is 14.5. The Labute approximate surface area is 171 Å². The third-order valence-corrected chi connectivity index (χ3v) is 6.25. The van der Waals surface area contributed by atoms with E-state index in [1.165, 1.54) is 11.3 Å². The number of amides is 4. The van der Waals surface area contributed by atoms with E-state index < -0.39 is 29.9 Å². The van der Waals surface area contributed by atoms with Crippen molar-refractivity contribution in [2.45, 2.75) is 19.4 Å². The van der Waals surface area contributed by atoms with Gasteiger partial charge in [0.05, 0.1) is 10.2 Å². The highest BCUT2D eigenvalue weighted by molar-refractivity contribution is 7.16. The fraction of sp³-hybridized carbons (Fsp3) is 0.238. The van der Waals surface area contributed by atoms with Gasteiger partial charge in [0.2, 0.25) is 0 Å². The van der Waals surface area contributed by atoms with E-state index in [-0.39, 0.29) is 0 Å². The van der Waals surface area contributed by atoms with Crippen LogP contribution in [0.2, 0.25) is 0 Å². The number of carbonyl (C=O) groups is 3. The van der Waals surface area contributed by atoms with Gasteiger partial charge < -0.3 is 9.88 Å². The summed E-state index contributed by atoms with van der Waals surface area (Å²) >= 11 is 1.38. The fourth-order valence-corrected chi connectivity index (χ4v) is 4.42. The Bertz CT molecular complexity index is 1210. The molecule has 4 rings (SSSR count). The zero-order valence-electron chi connectivity index (χ0n) is 16.3. The van der Waals surface area contributed by atoms with Crippen LogP contribution in [0.25, 0.3) is 10.2 Å². The molecule has 2 heterocycles. The largest absolute Gasteiger partial charge is 0.325 e. The first-order chi connectivity index (χ1) is 13.8. The first kappa shape index (κ1) is 19.1. The Kier molecular flexibility index (Phi) is 4.58. The summed E-state index contributed by atoms with van der Waals surface area (Å²) < 4.78 is 2.82. The van der Waals surface area contributed by atoms with Crippen molar-refractivity contribution >= 4 is 39.4 Å². The van der Waals surface area contributed by atoms with Gasteiger partial charge in [-0.15, -0.1) is 0 Å². The lowest BCUT2D eigenvalue weighted by Crippen LogP contribution is -2.41. The second-order valence-corrected chi connectivity index (χ2v) is 8.24. The van der Waals surface area contributed by atoms with Crippen molar-refractivity contribution in [2.24, 2.45) is 12.0 Å². The topological polar surface area (TPSA) is 83.8 Å². The Morgan fingerprint density at radius 2 is 1.83 bits per heavy atom. The Morgan fingerprint density at radius 3 is 2.52 bits per heavy atom. The summed E-state index contributed by atoms with van der Waals surface area (Å²) in [4.78, 5) is 43.5. The van der Waals surface area contributed by atoms with Crippen molar-refractivity contribution in [3.63, 3.8) is 0 Å². The molecule has 0 saturated carbocycles. The van der Waals surface area contributed by atoms with E-state index in [0.717, 1.165) is 20.7 Å². The minimum Gasteiger partial charge on any atom is -0.319 e. The predicted molar refractivity (Wildman–Crippen MR) is 110 cm³/mol. The van der Waals surface area contributed by atoms with E-state index in [1.54, 1.807) is 19.1 Å². The standard InChI is InChI=1S/C21H20N4O3S/c1-13-8-10-14(11-9-13)21(2)18(27)25(19(28)23-21)12-17(26)22-20-24(3)15-6-4-5-7-16(15)29-20/h4-11H,12H2,1-3H3,(H,23,28). The Hall–Kier alpha value is -3.26. The molecule has 2 aromatic carbocycles. The second kappa shape index (κ2) is 6.97. The highest BCUT2D eigenvalue weighted by Gasteiger charge is 2.49. The van der Waals surface area contributed by atoms with Gasteiger partial charge in [0.25, 0.3) is 11.8 Å². The zero-order valence-corrected chi connectivity index (χ0v) is 17.1. The Morgan fingerprint density at radius 1 is 1.14 bits per heavy atom. The molecule has 1 atom stereocenters. The van der Waals surface area contributed by atoms with Crippen LogP contribution < -0.4 is 10.1 Å². The van der Waals surface area contributed by atoms with E-state index in [1.807, 2.05) is 54.9 Å². The Balaban J connectivity index is 1.59. The van der Waals surface area contributed by atoms with Crippen LogP contribution in [0.15, 0.2) is 53.5 Å². The number of aryl methyl sites for hydroxylation is 2. The van der Waals surface area contributed by atoms with Gasteiger partial charge in [-0.05, 0) is 31.5 Å². The van der Waals surface area contributed by atoms with E-state index in [2.05, 4.69) is 10.3 Å². The van der Waals surface area contributed by atoms with E-state index >= 15 is 0 Å². The molecule has 8 heteroatoms. The summed E-state index contributed by atoms with van der Waals surface area (Å²) in [5, 5.41) is 2.71. The number of carbonyl (C=O) groups excluding carboxylic acids is 3. The highest BCUT2D eigenvalue weighted by Crippen LogP contribution is 2.29. The number of hydrogen-bond donors (Lipinski definition) is 1. The van der Waals surface area contributed by atoms with Crippen LogP contribution in [-0.2, 0) is 22.2 Å². The van der Waals surface area contributed by atoms with Crippen LogP contribution in [-0.4, -0.2) is 33.9 Å². The number of fused-ring (bicyclic) bond motifs is 1. The number of urea groups is 1. The molecular weight excluding hydrogens is 388 g/mol. The number of rotatable bonds is 3. The SMILES string of the molecule is Cc1ccc(C2(C)NC(=O)N(CC(=O)N=c3sc4ccccc4n3C)C2=O)cc1. The van der Waals surface area contributed by atoms with Crippen molar-refractivity contribution in [3.8, 4) is 0 Å². The molecule has 0 bridgehead atoms. The van der Waals surface area contributed by atoms with Gasteiger partial charge in [0.1, 0.15) is 12.1 Å². The third-order valence-electron chi connectivity index (χ3n) is 5.13. The molecule has 1 aromatic heterocycles. The normalized spacial score (nSPS) is 19.8. The van der Waals surface area contributed by atoms with Gasteiger partial charge in [-0.2, -0.15) is 4.99 Å². The number of aromatic nitrogens is 1. The molecule has 0 aliphatic carbocycles. The lowest BCUT2D eigenvalue weighted by Gasteiger charge is -2.22. The average Bonchev–Trinajstić information content (AvgIpc) is 3.12. The number of nitrogens with one attached hydrogen (secondary N) is 1. The molecule has 0 spiro atoms. The second-order valence-electron chi connectivity index (χ2n) is 7.23. The van der Waals surface area contributed by atoms with Crippen LogP contribution in [0.3, 0.4) is 0 Å². The van der Waals surface area contributed by atoms with Gasteiger partial charge in [0, 0.05) is 7.05 Å².